The summed E-state index contributed by atoms with van der Waals surface area (Å²) < 4.78 is 102. The molecule has 138 valence electrons. The van der Waals surface area contributed by atoms with E-state index in [9.17, 15) is 30.7 Å². The number of rotatable bonds is 3. The minimum Gasteiger partial charge on any atom is -0.457 e. The van der Waals surface area contributed by atoms with Crippen molar-refractivity contribution < 1.29 is 35.4 Å². The summed E-state index contributed by atoms with van der Waals surface area (Å²) in [5, 5.41) is 8.82. The van der Waals surface area contributed by atoms with Gasteiger partial charge < -0.3 is 9.05 Å². The highest BCUT2D eigenvalue weighted by atomic mass is 19.3. The average Bonchev–Trinajstić information content (AvgIpc) is 3.09. The fourth-order valence-electron chi connectivity index (χ4n) is 3.60. The van der Waals surface area contributed by atoms with E-state index in [1.165, 1.54) is 0 Å². The van der Waals surface area contributed by atoms with Crippen LogP contribution in [0.5, 0.6) is 11.5 Å². The normalized spacial score (nSPS) is 24.4. The van der Waals surface area contributed by atoms with Crippen molar-refractivity contribution in [3.05, 3.63) is 58.4 Å². The van der Waals surface area contributed by atoms with Crippen LogP contribution in [0.25, 0.3) is 0 Å². The van der Waals surface area contributed by atoms with Gasteiger partial charge in [-0.3, -0.25) is 0 Å². The van der Waals surface area contributed by atoms with Crippen LogP contribution in [0.2, 0.25) is 0 Å². The number of halogens is 7. The van der Waals surface area contributed by atoms with Crippen LogP contribution in [0, 0.1) is 17.1 Å². The zero-order valence-corrected chi connectivity index (χ0v) is 13.1. The highest BCUT2D eigenvalue weighted by Crippen LogP contribution is 2.72. The Morgan fingerprint density at radius 3 is 2.48 bits per heavy atom. The minimum absolute atomic E-state index is 0.162. The van der Waals surface area contributed by atoms with Crippen molar-refractivity contribution >= 4 is 6.99 Å². The molecule has 0 radical (unpaired) electrons. The molecule has 1 saturated heterocycles. The van der Waals surface area contributed by atoms with Crippen molar-refractivity contribution in [3.8, 4) is 17.6 Å². The molecule has 0 saturated carbocycles. The minimum atomic E-state index is -4.25. The number of nitrogens with zero attached hydrogens (tertiary/aromatic N) is 1. The van der Waals surface area contributed by atoms with Crippen LogP contribution in [0.1, 0.15) is 34.5 Å². The van der Waals surface area contributed by atoms with Gasteiger partial charge in [-0.15, -0.1) is 0 Å². The summed E-state index contributed by atoms with van der Waals surface area (Å²) in [6.45, 7) is -2.60. The first-order valence-electron chi connectivity index (χ1n) is 7.67. The average molecular weight is 385 g/mol. The number of hydrogen-bond donors (Lipinski definition) is 0. The third-order valence-corrected chi connectivity index (χ3v) is 4.86. The second kappa shape index (κ2) is 5.41. The van der Waals surface area contributed by atoms with Crippen molar-refractivity contribution in [2.75, 3.05) is 0 Å². The molecule has 1 fully saturated rings. The molecule has 0 aromatic heterocycles. The molecule has 0 spiro atoms. The number of benzene rings is 2. The van der Waals surface area contributed by atoms with Gasteiger partial charge in [0, 0.05) is 17.4 Å². The van der Waals surface area contributed by atoms with Gasteiger partial charge in [0.2, 0.25) is 0 Å². The summed E-state index contributed by atoms with van der Waals surface area (Å²) in [6, 6.07) is 5.83. The van der Waals surface area contributed by atoms with Crippen LogP contribution in [0.4, 0.5) is 30.7 Å². The van der Waals surface area contributed by atoms with Crippen LogP contribution < -0.4 is 4.74 Å². The van der Waals surface area contributed by atoms with Gasteiger partial charge in [-0.05, 0) is 29.8 Å². The highest BCUT2D eigenvalue weighted by Gasteiger charge is 2.89. The maximum Gasteiger partial charge on any atom is 0.404 e. The Labute approximate surface area is 148 Å². The second-order valence-electron chi connectivity index (χ2n) is 6.35. The molecule has 0 bridgehead atoms. The predicted octanol–water partition coefficient (Wildman–Crippen LogP) is 5.38. The number of ether oxygens (including phenoxy) is 1. The summed E-state index contributed by atoms with van der Waals surface area (Å²) in [6.07, 6.45) is -3.37. The molecular formula is C17H7BF7NO. The Hall–Kier alpha value is -2.70. The molecule has 4 rings (SSSR count). The van der Waals surface area contributed by atoms with Gasteiger partial charge in [-0.1, -0.05) is 0 Å². The molecule has 2 nitrogen and oxygen atoms in total. The summed E-state index contributed by atoms with van der Waals surface area (Å²) >= 11 is 0. The van der Waals surface area contributed by atoms with Crippen LogP contribution in [0.3, 0.4) is 0 Å². The van der Waals surface area contributed by atoms with Gasteiger partial charge >= 0.3 is 12.9 Å². The summed E-state index contributed by atoms with van der Waals surface area (Å²) in [5.74, 6) is -8.13. The number of fused-ring (bicyclic) bond motifs is 3. The van der Waals surface area contributed by atoms with Gasteiger partial charge in [0.05, 0.1) is 17.2 Å². The molecule has 1 aliphatic heterocycles. The molecule has 2 aliphatic rings. The van der Waals surface area contributed by atoms with E-state index in [4.69, 9.17) is 10.00 Å². The van der Waals surface area contributed by atoms with E-state index >= 15 is 0 Å². The third-order valence-electron chi connectivity index (χ3n) is 4.86. The number of hydrogen-bond acceptors (Lipinski definition) is 2. The monoisotopic (exact) mass is 385 g/mol. The molecule has 2 atom stereocenters. The van der Waals surface area contributed by atoms with E-state index in [0.717, 1.165) is 24.3 Å². The first-order valence-corrected chi connectivity index (χ1v) is 7.67. The molecule has 2 aromatic carbocycles. The smallest absolute Gasteiger partial charge is 0.404 e. The third kappa shape index (κ3) is 2.20. The largest absolute Gasteiger partial charge is 0.457 e. The Morgan fingerprint density at radius 1 is 1.15 bits per heavy atom. The lowest BCUT2D eigenvalue weighted by Crippen LogP contribution is -2.31. The predicted molar refractivity (Wildman–Crippen MR) is 79.9 cm³/mol. The van der Waals surface area contributed by atoms with E-state index in [0.29, 0.717) is 6.07 Å². The maximum absolute atomic E-state index is 14.3. The first-order chi connectivity index (χ1) is 12.6. The van der Waals surface area contributed by atoms with Gasteiger partial charge in [-0.25, -0.2) is 17.6 Å². The van der Waals surface area contributed by atoms with Crippen molar-refractivity contribution in [1.82, 2.24) is 0 Å². The SMILES string of the molecule is N#Cc1cc(F)cc(Oc2ccc3c(c2C(F)F)C2B(F)C2(F)C3(F)F)c1. The van der Waals surface area contributed by atoms with Gasteiger partial charge in [0.15, 0.2) is 5.57 Å². The lowest BCUT2D eigenvalue weighted by molar-refractivity contribution is -0.0747. The second-order valence-corrected chi connectivity index (χ2v) is 6.35. The Bertz CT molecular complexity index is 1010. The Morgan fingerprint density at radius 2 is 1.85 bits per heavy atom. The van der Waals surface area contributed by atoms with Crippen molar-refractivity contribution in [2.24, 2.45) is 0 Å². The molecule has 0 N–H and O–H groups in total. The Balaban J connectivity index is 1.85. The van der Waals surface area contributed by atoms with Crippen LogP contribution in [0.15, 0.2) is 30.3 Å². The van der Waals surface area contributed by atoms with Crippen LogP contribution in [-0.2, 0) is 5.92 Å². The lowest BCUT2D eigenvalue weighted by atomic mass is 9.77. The fourth-order valence-corrected chi connectivity index (χ4v) is 3.60. The van der Waals surface area contributed by atoms with E-state index in [1.54, 1.807) is 6.07 Å². The summed E-state index contributed by atoms with van der Waals surface area (Å²) in [4.78, 5) is 0. The van der Waals surface area contributed by atoms with Crippen molar-refractivity contribution in [1.29, 1.82) is 5.26 Å². The van der Waals surface area contributed by atoms with Gasteiger partial charge in [0.25, 0.3) is 6.43 Å². The maximum atomic E-state index is 14.3. The zero-order valence-electron chi connectivity index (χ0n) is 13.1. The van der Waals surface area contributed by atoms with E-state index in [2.05, 4.69) is 0 Å². The molecule has 1 heterocycles. The van der Waals surface area contributed by atoms with E-state index in [1.807, 2.05) is 0 Å². The van der Waals surface area contributed by atoms with Gasteiger partial charge in [0.1, 0.15) is 17.3 Å². The summed E-state index contributed by atoms with van der Waals surface area (Å²) in [7, 11) is 0. The standard InChI is InChI=1S/C17H7BF7NO/c19-8-3-7(6-26)4-9(5-8)27-11-2-1-10-12(13(11)15(20)21)14-16(22,18(14)25)17(10,23)24/h1-5,14-15H. The topological polar surface area (TPSA) is 33.0 Å². The number of nitriles is 1. The molecule has 1 aliphatic carbocycles. The highest BCUT2D eigenvalue weighted by molar-refractivity contribution is 6.71. The first kappa shape index (κ1) is 17.7. The Kier molecular flexibility index (Phi) is 3.55. The molecule has 27 heavy (non-hydrogen) atoms. The van der Waals surface area contributed by atoms with Gasteiger partial charge in [-0.2, -0.15) is 14.0 Å². The molecular weight excluding hydrogens is 378 g/mol. The van der Waals surface area contributed by atoms with Crippen LogP contribution in [-0.4, -0.2) is 12.6 Å². The molecule has 10 heteroatoms. The fraction of sp³-hybridized carbons (Fsp3) is 0.235. The van der Waals surface area contributed by atoms with Crippen molar-refractivity contribution in [2.45, 2.75) is 23.7 Å². The molecule has 0 amide bonds. The van der Waals surface area contributed by atoms with E-state index < -0.39 is 59.0 Å². The zero-order chi connectivity index (χ0) is 19.7. The lowest BCUT2D eigenvalue weighted by Gasteiger charge is -2.20. The van der Waals surface area contributed by atoms with E-state index in [-0.39, 0.29) is 11.3 Å². The quantitative estimate of drug-likeness (QED) is 0.525. The number of alkyl halides is 5. The van der Waals surface area contributed by atoms with Crippen molar-refractivity contribution in [3.63, 3.8) is 0 Å². The molecule has 2 aromatic rings. The summed E-state index contributed by atoms with van der Waals surface area (Å²) in [5.41, 5.74) is -6.61. The van der Waals surface area contributed by atoms with Crippen LogP contribution >= 0.6 is 0 Å². The molecule has 2 unspecified atom stereocenters.